The van der Waals surface area contributed by atoms with Crippen LogP contribution < -0.4 is 11.1 Å². The molecule has 0 atom stereocenters. The highest BCUT2D eigenvalue weighted by molar-refractivity contribution is 9.10. The topological polar surface area (TPSA) is 80.9 Å². The minimum absolute atomic E-state index is 0.146. The first-order valence-corrected chi connectivity index (χ1v) is 8.09. The molecule has 0 spiro atoms. The van der Waals surface area contributed by atoms with Crippen molar-refractivity contribution in [1.82, 2.24) is 9.97 Å². The van der Waals surface area contributed by atoms with E-state index in [0.717, 1.165) is 11.3 Å². The van der Waals surface area contributed by atoms with Crippen molar-refractivity contribution < 1.29 is 9.18 Å². The number of thiazole rings is 1. The Hall–Kier alpha value is -2.32. The van der Waals surface area contributed by atoms with Crippen LogP contribution >= 0.6 is 27.3 Å². The van der Waals surface area contributed by atoms with Gasteiger partial charge < -0.3 is 11.1 Å². The van der Waals surface area contributed by atoms with E-state index >= 15 is 0 Å². The van der Waals surface area contributed by atoms with Gasteiger partial charge in [-0.3, -0.25) is 4.79 Å². The van der Waals surface area contributed by atoms with Gasteiger partial charge in [-0.05, 0) is 52.3 Å². The van der Waals surface area contributed by atoms with Crippen molar-refractivity contribution in [2.45, 2.75) is 0 Å². The summed E-state index contributed by atoms with van der Waals surface area (Å²) in [4.78, 5) is 20.9. The quantitative estimate of drug-likeness (QED) is 0.518. The maximum atomic E-state index is 12.9. The van der Waals surface area contributed by atoms with E-state index in [2.05, 4.69) is 31.2 Å². The van der Waals surface area contributed by atoms with Crippen LogP contribution in [0.15, 0.2) is 47.2 Å². The number of carbonyl (C=O) groups is 1. The summed E-state index contributed by atoms with van der Waals surface area (Å²) in [6.07, 6.45) is 1.47. The molecule has 2 aromatic heterocycles. The zero-order valence-electron chi connectivity index (χ0n) is 11.6. The van der Waals surface area contributed by atoms with Crippen LogP contribution in [0.5, 0.6) is 0 Å². The second-order valence-electron chi connectivity index (χ2n) is 4.56. The molecule has 0 fully saturated rings. The third-order valence-corrected chi connectivity index (χ3v) is 4.40. The zero-order valence-corrected chi connectivity index (χ0v) is 14.0. The fraction of sp³-hybridized carbons (Fsp3) is 0. The molecule has 0 radical (unpaired) electrons. The maximum absolute atomic E-state index is 12.9. The highest BCUT2D eigenvalue weighted by Crippen LogP contribution is 2.29. The lowest BCUT2D eigenvalue weighted by molar-refractivity contribution is 0.104. The van der Waals surface area contributed by atoms with Crippen molar-refractivity contribution in [3.63, 3.8) is 0 Å². The second-order valence-corrected chi connectivity index (χ2v) is 6.38. The highest BCUT2D eigenvalue weighted by atomic mass is 79.9. The van der Waals surface area contributed by atoms with Crippen molar-refractivity contribution in [3.05, 3.63) is 63.5 Å². The van der Waals surface area contributed by atoms with E-state index < -0.39 is 0 Å². The number of nitrogens with zero attached hydrogens (tertiary/aromatic N) is 2. The summed E-state index contributed by atoms with van der Waals surface area (Å²) in [6.45, 7) is 0. The van der Waals surface area contributed by atoms with Gasteiger partial charge >= 0.3 is 0 Å². The van der Waals surface area contributed by atoms with E-state index in [1.807, 2.05) is 0 Å². The summed E-state index contributed by atoms with van der Waals surface area (Å²) in [5, 5.41) is 3.45. The minimum atomic E-state index is -0.326. The summed E-state index contributed by atoms with van der Waals surface area (Å²) in [7, 11) is 0. The number of rotatable bonds is 4. The molecule has 0 aliphatic carbocycles. The predicted molar refractivity (Wildman–Crippen MR) is 91.6 cm³/mol. The first kappa shape index (κ1) is 15.6. The van der Waals surface area contributed by atoms with Gasteiger partial charge in [-0.15, -0.1) is 0 Å². The molecule has 0 amide bonds. The number of hydrogen-bond donors (Lipinski definition) is 2. The third kappa shape index (κ3) is 3.54. The Morgan fingerprint density at radius 1 is 1.22 bits per heavy atom. The molecule has 0 saturated heterocycles. The van der Waals surface area contributed by atoms with Crippen LogP contribution in [0.2, 0.25) is 0 Å². The van der Waals surface area contributed by atoms with Gasteiger partial charge in [0.2, 0.25) is 5.78 Å². The summed E-state index contributed by atoms with van der Waals surface area (Å²) < 4.78 is 13.5. The molecule has 2 heterocycles. The van der Waals surface area contributed by atoms with Gasteiger partial charge in [0.25, 0.3) is 0 Å². The van der Waals surface area contributed by atoms with Crippen molar-refractivity contribution in [3.8, 4) is 0 Å². The molecule has 116 valence electrons. The molecule has 5 nitrogen and oxygen atoms in total. The number of benzene rings is 1. The van der Waals surface area contributed by atoms with Crippen LogP contribution in [0, 0.1) is 5.82 Å². The fourth-order valence-electron chi connectivity index (χ4n) is 1.85. The molecular weight excluding hydrogens is 383 g/mol. The number of pyridine rings is 1. The minimum Gasteiger partial charge on any atom is -0.382 e. The van der Waals surface area contributed by atoms with Gasteiger partial charge in [0.05, 0.1) is 0 Å². The van der Waals surface area contributed by atoms with Gasteiger partial charge in [0, 0.05) is 17.4 Å². The third-order valence-electron chi connectivity index (χ3n) is 2.94. The predicted octanol–water partition coefficient (Wildman–Crippen LogP) is 4.00. The Labute approximate surface area is 143 Å². The Bertz CT molecular complexity index is 849. The lowest BCUT2D eigenvalue weighted by atomic mass is 10.2. The SMILES string of the molecule is Nc1nc(Nc2ccc(F)cc2)sc1C(=O)c1ccc(Br)nc1. The van der Waals surface area contributed by atoms with E-state index in [1.54, 1.807) is 24.3 Å². The molecule has 8 heteroatoms. The van der Waals surface area contributed by atoms with Gasteiger partial charge in [-0.25, -0.2) is 14.4 Å². The normalized spacial score (nSPS) is 10.5. The smallest absolute Gasteiger partial charge is 0.208 e. The Morgan fingerprint density at radius 2 is 1.96 bits per heavy atom. The average Bonchev–Trinajstić information content (AvgIpc) is 2.90. The van der Waals surface area contributed by atoms with Crippen molar-refractivity contribution in [2.75, 3.05) is 11.1 Å². The highest BCUT2D eigenvalue weighted by Gasteiger charge is 2.18. The van der Waals surface area contributed by atoms with Gasteiger partial charge in [0.15, 0.2) is 5.13 Å². The van der Waals surface area contributed by atoms with Crippen molar-refractivity contribution in [2.24, 2.45) is 0 Å². The number of aromatic nitrogens is 2. The van der Waals surface area contributed by atoms with E-state index in [0.29, 0.717) is 25.9 Å². The molecule has 1 aromatic carbocycles. The zero-order chi connectivity index (χ0) is 16.4. The second kappa shape index (κ2) is 6.43. The summed E-state index contributed by atoms with van der Waals surface area (Å²) in [5.74, 6) is -0.424. The molecule has 0 unspecified atom stereocenters. The van der Waals surface area contributed by atoms with Gasteiger partial charge in [0.1, 0.15) is 21.1 Å². The molecule has 23 heavy (non-hydrogen) atoms. The number of nitrogens with two attached hydrogens (primary N) is 1. The van der Waals surface area contributed by atoms with E-state index in [9.17, 15) is 9.18 Å². The van der Waals surface area contributed by atoms with Gasteiger partial charge in [-0.1, -0.05) is 11.3 Å². The molecular formula is C15H10BrFN4OS. The fourth-order valence-corrected chi connectivity index (χ4v) is 2.95. The Balaban J connectivity index is 1.84. The molecule has 0 aliphatic rings. The number of nitrogen functional groups attached to an aromatic ring is 1. The maximum Gasteiger partial charge on any atom is 0.208 e. The van der Waals surface area contributed by atoms with Crippen LogP contribution in [-0.4, -0.2) is 15.8 Å². The molecule has 0 saturated carbocycles. The average molecular weight is 393 g/mol. The monoisotopic (exact) mass is 392 g/mol. The summed E-state index contributed by atoms with van der Waals surface area (Å²) in [5.41, 5.74) is 6.92. The number of ketones is 1. The summed E-state index contributed by atoms with van der Waals surface area (Å²) >= 11 is 4.35. The molecule has 3 aromatic rings. The number of carbonyl (C=O) groups excluding carboxylic acids is 1. The molecule has 0 aliphatic heterocycles. The molecule has 0 bridgehead atoms. The van der Waals surface area contributed by atoms with Gasteiger partial charge in [-0.2, -0.15) is 0 Å². The molecule has 3 rings (SSSR count). The number of nitrogens with one attached hydrogen (secondary N) is 1. The van der Waals surface area contributed by atoms with E-state index in [4.69, 9.17) is 5.73 Å². The first-order valence-electron chi connectivity index (χ1n) is 6.48. The molecule has 3 N–H and O–H groups in total. The number of hydrogen-bond acceptors (Lipinski definition) is 6. The Kier molecular flexibility index (Phi) is 4.35. The van der Waals surface area contributed by atoms with Crippen molar-refractivity contribution in [1.29, 1.82) is 0 Å². The van der Waals surface area contributed by atoms with Crippen LogP contribution in [-0.2, 0) is 0 Å². The lowest BCUT2D eigenvalue weighted by Crippen LogP contribution is -2.02. The standard InChI is InChI=1S/C15H10BrFN4OS/c16-11-6-1-8(7-19-11)12(22)13-14(18)21-15(23-13)20-10-4-2-9(17)3-5-10/h1-7H,18H2,(H,20,21). The largest absolute Gasteiger partial charge is 0.382 e. The van der Waals surface area contributed by atoms with E-state index in [1.165, 1.54) is 18.3 Å². The van der Waals surface area contributed by atoms with E-state index in [-0.39, 0.29) is 17.4 Å². The lowest BCUT2D eigenvalue weighted by Gasteiger charge is -2.01. The first-order chi connectivity index (χ1) is 11.0. The van der Waals surface area contributed by atoms with Crippen LogP contribution in [0.3, 0.4) is 0 Å². The summed E-state index contributed by atoms with van der Waals surface area (Å²) in [6, 6.07) is 9.16. The van der Waals surface area contributed by atoms with Crippen LogP contribution in [0.1, 0.15) is 15.2 Å². The number of halogens is 2. The van der Waals surface area contributed by atoms with Crippen LogP contribution in [0.4, 0.5) is 21.0 Å². The van der Waals surface area contributed by atoms with Crippen molar-refractivity contribution >= 4 is 49.7 Å². The van der Waals surface area contributed by atoms with Crippen LogP contribution in [0.25, 0.3) is 0 Å². The Morgan fingerprint density at radius 3 is 2.61 bits per heavy atom. The number of anilines is 3.